The highest BCUT2D eigenvalue weighted by atomic mass is 15.2. The first-order valence-corrected chi connectivity index (χ1v) is 4.95. The van der Waals surface area contributed by atoms with Gasteiger partial charge in [-0.1, -0.05) is 13.3 Å². The van der Waals surface area contributed by atoms with Crippen LogP contribution in [-0.4, -0.2) is 23.1 Å². The number of hydrogen-bond donors (Lipinski definition) is 1. The molecule has 1 heterocycles. The molecule has 0 saturated carbocycles. The summed E-state index contributed by atoms with van der Waals surface area (Å²) in [6, 6.07) is 0.462. The van der Waals surface area contributed by atoms with Crippen molar-refractivity contribution in [3.05, 3.63) is 12.4 Å². The molecule has 4 nitrogen and oxygen atoms in total. The van der Waals surface area contributed by atoms with E-state index in [0.29, 0.717) is 11.7 Å². The summed E-state index contributed by atoms with van der Waals surface area (Å²) < 4.78 is 0. The third-order valence-corrected chi connectivity index (χ3v) is 2.34. The topological polar surface area (TPSA) is 55.0 Å². The van der Waals surface area contributed by atoms with Gasteiger partial charge in [-0.2, -0.15) is 0 Å². The minimum atomic E-state index is 0.462. The predicted molar refractivity (Wildman–Crippen MR) is 59.2 cm³/mol. The summed E-state index contributed by atoms with van der Waals surface area (Å²) >= 11 is 0. The van der Waals surface area contributed by atoms with Crippen LogP contribution >= 0.6 is 0 Å². The number of hydrogen-bond acceptors (Lipinski definition) is 4. The van der Waals surface area contributed by atoms with Crippen molar-refractivity contribution >= 4 is 11.6 Å². The first-order chi connectivity index (χ1) is 6.65. The van der Waals surface area contributed by atoms with Crippen LogP contribution < -0.4 is 10.6 Å². The van der Waals surface area contributed by atoms with Gasteiger partial charge < -0.3 is 10.6 Å². The summed E-state index contributed by atoms with van der Waals surface area (Å²) in [5.74, 6) is 0.736. The summed E-state index contributed by atoms with van der Waals surface area (Å²) in [6.07, 6.45) is 5.58. The van der Waals surface area contributed by atoms with Crippen LogP contribution in [0.5, 0.6) is 0 Å². The van der Waals surface area contributed by atoms with Gasteiger partial charge in [-0.05, 0) is 13.3 Å². The fraction of sp³-hybridized carbons (Fsp3) is 0.600. The number of nitrogens with two attached hydrogens (primary N) is 1. The van der Waals surface area contributed by atoms with Gasteiger partial charge in [-0.3, -0.25) is 0 Å². The zero-order valence-electron chi connectivity index (χ0n) is 9.07. The van der Waals surface area contributed by atoms with Crippen molar-refractivity contribution < 1.29 is 0 Å². The second-order valence-corrected chi connectivity index (χ2v) is 3.56. The molecule has 0 aromatic carbocycles. The monoisotopic (exact) mass is 194 g/mol. The maximum Gasteiger partial charge on any atom is 0.225 e. The summed E-state index contributed by atoms with van der Waals surface area (Å²) in [6.45, 7) is 4.34. The summed E-state index contributed by atoms with van der Waals surface area (Å²) in [5.41, 5.74) is 6.12. The van der Waals surface area contributed by atoms with Crippen molar-refractivity contribution in [2.24, 2.45) is 0 Å². The van der Waals surface area contributed by atoms with E-state index in [1.807, 2.05) is 7.05 Å². The molecule has 0 bridgehead atoms. The Hall–Kier alpha value is -1.32. The molecule has 2 N–H and O–H groups in total. The lowest BCUT2D eigenvalue weighted by molar-refractivity contribution is 0.605. The molecular formula is C10H18N4. The highest BCUT2D eigenvalue weighted by Crippen LogP contribution is 2.12. The van der Waals surface area contributed by atoms with Crippen LogP contribution in [0.4, 0.5) is 11.6 Å². The number of nitrogen functional groups attached to an aromatic ring is 1. The summed E-state index contributed by atoms with van der Waals surface area (Å²) in [7, 11) is 2.01. The van der Waals surface area contributed by atoms with Gasteiger partial charge in [-0.15, -0.1) is 0 Å². The molecule has 0 spiro atoms. The van der Waals surface area contributed by atoms with Crippen LogP contribution in [0.2, 0.25) is 0 Å². The quantitative estimate of drug-likeness (QED) is 0.792. The molecule has 1 atom stereocenters. The van der Waals surface area contributed by atoms with E-state index in [1.54, 1.807) is 12.4 Å². The summed E-state index contributed by atoms with van der Waals surface area (Å²) in [5, 5.41) is 0. The fourth-order valence-electron chi connectivity index (χ4n) is 1.32. The number of rotatable bonds is 4. The SMILES string of the molecule is CCCC(C)N(C)c1ncc(N)cn1. The zero-order valence-corrected chi connectivity index (χ0v) is 9.07. The Labute approximate surface area is 85.2 Å². The highest BCUT2D eigenvalue weighted by molar-refractivity contribution is 5.37. The first-order valence-electron chi connectivity index (χ1n) is 4.95. The zero-order chi connectivity index (χ0) is 10.6. The van der Waals surface area contributed by atoms with E-state index in [0.717, 1.165) is 12.4 Å². The predicted octanol–water partition coefficient (Wildman–Crippen LogP) is 1.68. The average molecular weight is 194 g/mol. The van der Waals surface area contributed by atoms with Crippen LogP contribution in [0, 0.1) is 0 Å². The van der Waals surface area contributed by atoms with Gasteiger partial charge in [0, 0.05) is 13.1 Å². The first kappa shape index (κ1) is 10.8. The van der Waals surface area contributed by atoms with Crippen LogP contribution in [0.25, 0.3) is 0 Å². The van der Waals surface area contributed by atoms with E-state index in [2.05, 4.69) is 28.7 Å². The van der Waals surface area contributed by atoms with Gasteiger partial charge in [0.15, 0.2) is 0 Å². The minimum absolute atomic E-state index is 0.462. The van der Waals surface area contributed by atoms with Crippen LogP contribution in [0.1, 0.15) is 26.7 Å². The van der Waals surface area contributed by atoms with E-state index < -0.39 is 0 Å². The molecule has 78 valence electrons. The molecule has 4 heteroatoms. The van der Waals surface area contributed by atoms with Crippen molar-refractivity contribution in [2.45, 2.75) is 32.7 Å². The highest BCUT2D eigenvalue weighted by Gasteiger charge is 2.10. The van der Waals surface area contributed by atoms with E-state index >= 15 is 0 Å². The number of aromatic nitrogens is 2. The molecule has 0 aliphatic carbocycles. The van der Waals surface area contributed by atoms with E-state index in [4.69, 9.17) is 5.73 Å². The third kappa shape index (κ3) is 2.58. The van der Waals surface area contributed by atoms with Gasteiger partial charge >= 0.3 is 0 Å². The molecule has 0 aliphatic rings. The third-order valence-electron chi connectivity index (χ3n) is 2.34. The van der Waals surface area contributed by atoms with Crippen LogP contribution in [0.3, 0.4) is 0 Å². The standard InChI is InChI=1S/C10H18N4/c1-4-5-8(2)14(3)10-12-6-9(11)7-13-10/h6-8H,4-5,11H2,1-3H3. The van der Waals surface area contributed by atoms with Crippen molar-refractivity contribution in [1.29, 1.82) is 0 Å². The van der Waals surface area contributed by atoms with Crippen LogP contribution in [-0.2, 0) is 0 Å². The van der Waals surface area contributed by atoms with Gasteiger partial charge in [-0.25, -0.2) is 9.97 Å². The molecule has 1 aromatic rings. The van der Waals surface area contributed by atoms with Gasteiger partial charge in [0.2, 0.25) is 5.95 Å². The van der Waals surface area contributed by atoms with Crippen molar-refractivity contribution in [3.8, 4) is 0 Å². The van der Waals surface area contributed by atoms with Gasteiger partial charge in [0.05, 0.1) is 18.1 Å². The molecule has 0 fully saturated rings. The van der Waals surface area contributed by atoms with Gasteiger partial charge in [0.25, 0.3) is 0 Å². The molecule has 0 amide bonds. The largest absolute Gasteiger partial charge is 0.396 e. The minimum Gasteiger partial charge on any atom is -0.396 e. The molecule has 1 rings (SSSR count). The molecule has 0 radical (unpaired) electrons. The average Bonchev–Trinajstić information content (AvgIpc) is 2.18. The van der Waals surface area contributed by atoms with Crippen molar-refractivity contribution in [3.63, 3.8) is 0 Å². The Morgan fingerprint density at radius 1 is 1.43 bits per heavy atom. The molecule has 0 saturated heterocycles. The normalized spacial score (nSPS) is 12.5. The summed E-state index contributed by atoms with van der Waals surface area (Å²) in [4.78, 5) is 10.4. The fourth-order valence-corrected chi connectivity index (χ4v) is 1.32. The smallest absolute Gasteiger partial charge is 0.225 e. The van der Waals surface area contributed by atoms with Crippen molar-refractivity contribution in [1.82, 2.24) is 9.97 Å². The lowest BCUT2D eigenvalue weighted by Gasteiger charge is -2.24. The van der Waals surface area contributed by atoms with Crippen molar-refractivity contribution in [2.75, 3.05) is 17.7 Å². The van der Waals surface area contributed by atoms with E-state index in [-0.39, 0.29) is 0 Å². The number of anilines is 2. The molecule has 1 aromatic heterocycles. The Morgan fingerprint density at radius 2 is 2.00 bits per heavy atom. The Bertz CT molecular complexity index is 270. The Kier molecular flexibility index (Phi) is 3.68. The molecular weight excluding hydrogens is 176 g/mol. The second kappa shape index (κ2) is 4.79. The maximum absolute atomic E-state index is 5.52. The van der Waals surface area contributed by atoms with Gasteiger partial charge in [0.1, 0.15) is 0 Å². The molecule has 1 unspecified atom stereocenters. The van der Waals surface area contributed by atoms with Crippen LogP contribution in [0.15, 0.2) is 12.4 Å². The second-order valence-electron chi connectivity index (χ2n) is 3.56. The lowest BCUT2D eigenvalue weighted by Crippen LogP contribution is -2.30. The Balaban J connectivity index is 2.68. The molecule has 14 heavy (non-hydrogen) atoms. The molecule has 0 aliphatic heterocycles. The maximum atomic E-state index is 5.52. The Morgan fingerprint density at radius 3 is 2.50 bits per heavy atom. The lowest BCUT2D eigenvalue weighted by atomic mass is 10.2. The number of nitrogens with zero attached hydrogens (tertiary/aromatic N) is 3. The van der Waals surface area contributed by atoms with E-state index in [1.165, 1.54) is 6.42 Å². The van der Waals surface area contributed by atoms with E-state index in [9.17, 15) is 0 Å².